The van der Waals surface area contributed by atoms with Gasteiger partial charge in [0.2, 0.25) is 5.78 Å². The number of carbonyl (C=O) groups excluding carboxylic acids is 1. The normalized spacial score (nSPS) is 16.9. The molecule has 29 heavy (non-hydrogen) atoms. The second kappa shape index (κ2) is 7.18. The molecule has 0 atom stereocenters. The minimum Gasteiger partial charge on any atom is -0.477 e. The van der Waals surface area contributed by atoms with Gasteiger partial charge in [-0.05, 0) is 36.8 Å². The number of Topliss-reactive ketones (excluding diaryl/α,β-unsaturated/α-hetero) is 1. The van der Waals surface area contributed by atoms with E-state index in [1.54, 1.807) is 12.3 Å². The lowest BCUT2D eigenvalue weighted by Crippen LogP contribution is -2.32. The van der Waals surface area contributed by atoms with Crippen LogP contribution >= 0.6 is 0 Å². The molecule has 3 heterocycles. The number of allylic oxidation sites excluding steroid dienone is 1. The Morgan fingerprint density at radius 3 is 2.72 bits per heavy atom. The zero-order valence-corrected chi connectivity index (χ0v) is 16.1. The molecule has 0 radical (unpaired) electrons. The van der Waals surface area contributed by atoms with E-state index in [0.29, 0.717) is 36.9 Å². The van der Waals surface area contributed by atoms with Crippen molar-refractivity contribution in [1.82, 2.24) is 9.88 Å². The van der Waals surface area contributed by atoms with Gasteiger partial charge in [0, 0.05) is 30.4 Å². The van der Waals surface area contributed by atoms with Gasteiger partial charge in [0.05, 0.1) is 11.3 Å². The fraction of sp³-hybridized carbons (Fsp3) is 0.167. The van der Waals surface area contributed by atoms with E-state index in [4.69, 9.17) is 9.47 Å². The molecule has 0 bridgehead atoms. The molecule has 0 fully saturated rings. The van der Waals surface area contributed by atoms with Crippen molar-refractivity contribution < 1.29 is 14.3 Å². The summed E-state index contributed by atoms with van der Waals surface area (Å²) in [6.07, 6.45) is 3.58. The van der Waals surface area contributed by atoms with Crippen LogP contribution in [-0.4, -0.2) is 22.4 Å². The van der Waals surface area contributed by atoms with Crippen molar-refractivity contribution in [2.24, 2.45) is 0 Å². The number of rotatable bonds is 3. The van der Waals surface area contributed by atoms with Crippen molar-refractivity contribution in [3.8, 4) is 11.5 Å². The number of aromatic nitrogens is 1. The average Bonchev–Trinajstić information content (AvgIpc) is 3.05. The second-order valence-electron chi connectivity index (χ2n) is 7.30. The minimum atomic E-state index is -0.0865. The van der Waals surface area contributed by atoms with E-state index >= 15 is 0 Å². The average molecular weight is 384 g/mol. The maximum atomic E-state index is 13.0. The summed E-state index contributed by atoms with van der Waals surface area (Å²) in [5.41, 5.74) is 4.40. The molecule has 0 unspecified atom stereocenters. The lowest BCUT2D eigenvalue weighted by molar-refractivity contribution is 0.0865. The van der Waals surface area contributed by atoms with Gasteiger partial charge in [0.1, 0.15) is 18.2 Å². The van der Waals surface area contributed by atoms with E-state index < -0.39 is 0 Å². The van der Waals surface area contributed by atoms with Crippen molar-refractivity contribution in [3.63, 3.8) is 0 Å². The van der Waals surface area contributed by atoms with E-state index in [1.807, 2.05) is 61.5 Å². The third-order valence-electron chi connectivity index (χ3n) is 5.21. The number of carbonyl (C=O) groups is 1. The number of fused-ring (bicyclic) bond motifs is 2. The Hall–Kier alpha value is -3.44. The first kappa shape index (κ1) is 17.6. The lowest BCUT2D eigenvalue weighted by Gasteiger charge is -2.30. The molecule has 5 heteroatoms. The molecular formula is C24H20N2O3. The number of hydrogen-bond acceptors (Lipinski definition) is 5. The molecule has 0 amide bonds. The molecular weight excluding hydrogens is 364 g/mol. The maximum Gasteiger partial charge on any atom is 0.231 e. The highest BCUT2D eigenvalue weighted by Gasteiger charge is 2.33. The molecule has 0 saturated heterocycles. The van der Waals surface area contributed by atoms with Crippen molar-refractivity contribution in [2.45, 2.75) is 20.0 Å². The Balaban J connectivity index is 1.44. The summed E-state index contributed by atoms with van der Waals surface area (Å²) in [7, 11) is 0. The van der Waals surface area contributed by atoms with Crippen molar-refractivity contribution in [1.29, 1.82) is 0 Å². The van der Waals surface area contributed by atoms with Gasteiger partial charge in [-0.3, -0.25) is 14.7 Å². The van der Waals surface area contributed by atoms with Crippen LogP contribution in [0.5, 0.6) is 11.5 Å². The number of ketones is 1. The minimum absolute atomic E-state index is 0.0865. The molecule has 5 nitrogen and oxygen atoms in total. The summed E-state index contributed by atoms with van der Waals surface area (Å²) < 4.78 is 12.0. The SMILES string of the molecule is Cc1c2c(cc3c1O/C(=C/c1ccccc1)C3=O)CN(Cc1ccccn1)CO2. The Morgan fingerprint density at radius 1 is 1.10 bits per heavy atom. The van der Waals surface area contributed by atoms with E-state index in [-0.39, 0.29) is 5.78 Å². The summed E-state index contributed by atoms with van der Waals surface area (Å²) >= 11 is 0. The molecule has 3 aromatic rings. The number of nitrogens with zero attached hydrogens (tertiary/aromatic N) is 2. The van der Waals surface area contributed by atoms with Gasteiger partial charge in [-0.15, -0.1) is 0 Å². The molecule has 0 aliphatic carbocycles. The number of ether oxygens (including phenoxy) is 2. The molecule has 0 saturated carbocycles. The van der Waals surface area contributed by atoms with E-state index in [0.717, 1.165) is 28.1 Å². The molecule has 144 valence electrons. The predicted molar refractivity (Wildman–Crippen MR) is 110 cm³/mol. The van der Waals surface area contributed by atoms with Crippen LogP contribution in [0, 0.1) is 6.92 Å². The van der Waals surface area contributed by atoms with Crippen LogP contribution in [-0.2, 0) is 13.1 Å². The van der Waals surface area contributed by atoms with Gasteiger partial charge in [-0.25, -0.2) is 0 Å². The third-order valence-corrected chi connectivity index (χ3v) is 5.21. The first-order valence-corrected chi connectivity index (χ1v) is 9.60. The van der Waals surface area contributed by atoms with Crippen LogP contribution in [0.1, 0.15) is 32.7 Å². The van der Waals surface area contributed by atoms with E-state index in [2.05, 4.69) is 9.88 Å². The Morgan fingerprint density at radius 2 is 1.93 bits per heavy atom. The van der Waals surface area contributed by atoms with Crippen molar-refractivity contribution in [3.05, 3.63) is 94.5 Å². The van der Waals surface area contributed by atoms with Gasteiger partial charge >= 0.3 is 0 Å². The fourth-order valence-electron chi connectivity index (χ4n) is 3.82. The third kappa shape index (κ3) is 3.30. The van der Waals surface area contributed by atoms with Gasteiger partial charge in [-0.2, -0.15) is 0 Å². The monoisotopic (exact) mass is 384 g/mol. The maximum absolute atomic E-state index is 13.0. The molecule has 1 aromatic heterocycles. The molecule has 0 N–H and O–H groups in total. The van der Waals surface area contributed by atoms with Crippen LogP contribution in [0.2, 0.25) is 0 Å². The Bertz CT molecular complexity index is 1110. The second-order valence-corrected chi connectivity index (χ2v) is 7.30. The first-order valence-electron chi connectivity index (χ1n) is 9.60. The van der Waals surface area contributed by atoms with E-state index in [9.17, 15) is 4.79 Å². The lowest BCUT2D eigenvalue weighted by atomic mass is 10.00. The molecule has 2 aliphatic rings. The van der Waals surface area contributed by atoms with E-state index in [1.165, 1.54) is 0 Å². The summed E-state index contributed by atoms with van der Waals surface area (Å²) in [6.45, 7) is 3.82. The van der Waals surface area contributed by atoms with Gasteiger partial charge in [0.15, 0.2) is 5.76 Å². The summed E-state index contributed by atoms with van der Waals surface area (Å²) in [5.74, 6) is 1.68. The zero-order valence-electron chi connectivity index (χ0n) is 16.1. The van der Waals surface area contributed by atoms with Gasteiger partial charge < -0.3 is 9.47 Å². The highest BCUT2D eigenvalue weighted by atomic mass is 16.5. The Kier molecular flexibility index (Phi) is 4.37. The summed E-state index contributed by atoms with van der Waals surface area (Å²) in [6, 6.07) is 17.5. The Labute approximate surface area is 169 Å². The van der Waals surface area contributed by atoms with Crippen LogP contribution in [0.15, 0.2) is 66.6 Å². The molecule has 5 rings (SSSR count). The number of benzene rings is 2. The summed E-state index contributed by atoms with van der Waals surface area (Å²) in [5, 5.41) is 0. The fourth-order valence-corrected chi connectivity index (χ4v) is 3.82. The van der Waals surface area contributed by atoms with Crippen molar-refractivity contribution in [2.75, 3.05) is 6.73 Å². The predicted octanol–water partition coefficient (Wildman–Crippen LogP) is 4.36. The highest BCUT2D eigenvalue weighted by Crippen LogP contribution is 2.43. The molecule has 0 spiro atoms. The van der Waals surface area contributed by atoms with Crippen LogP contribution in [0.25, 0.3) is 6.08 Å². The molecule has 2 aromatic carbocycles. The highest BCUT2D eigenvalue weighted by molar-refractivity contribution is 6.15. The number of hydrogen-bond donors (Lipinski definition) is 0. The topological polar surface area (TPSA) is 51.7 Å². The smallest absolute Gasteiger partial charge is 0.231 e. The van der Waals surface area contributed by atoms with Gasteiger partial charge in [-0.1, -0.05) is 36.4 Å². The zero-order chi connectivity index (χ0) is 19.8. The number of pyridine rings is 1. The van der Waals surface area contributed by atoms with Gasteiger partial charge in [0.25, 0.3) is 0 Å². The summed E-state index contributed by atoms with van der Waals surface area (Å²) in [4.78, 5) is 19.5. The standard InChI is InChI=1S/C24H20N2O3/c1-16-23-18(13-26(15-28-23)14-19-9-5-6-10-25-19)12-20-22(27)21(29-24(16)20)11-17-7-3-2-4-8-17/h2-12H,13-15H2,1H3/b21-11+. The first-order chi connectivity index (χ1) is 14.2. The molecule has 2 aliphatic heterocycles. The van der Waals surface area contributed by atoms with Crippen LogP contribution in [0.4, 0.5) is 0 Å². The van der Waals surface area contributed by atoms with Crippen LogP contribution in [0.3, 0.4) is 0 Å². The van der Waals surface area contributed by atoms with Crippen molar-refractivity contribution >= 4 is 11.9 Å². The quantitative estimate of drug-likeness (QED) is 0.628. The largest absolute Gasteiger partial charge is 0.477 e. The van der Waals surface area contributed by atoms with Crippen LogP contribution < -0.4 is 9.47 Å².